The number of ether oxygens (including phenoxy) is 1. The molecule has 172 valence electrons. The smallest absolute Gasteiger partial charge is 0.183 e. The molecule has 2 aliphatic heterocycles. The fourth-order valence-corrected chi connectivity index (χ4v) is 5.51. The molecule has 0 amide bonds. The van der Waals surface area contributed by atoms with Crippen molar-refractivity contribution in [3.63, 3.8) is 0 Å². The van der Waals surface area contributed by atoms with Crippen molar-refractivity contribution in [2.45, 2.75) is 92.3 Å². The van der Waals surface area contributed by atoms with E-state index >= 15 is 0 Å². The Bertz CT molecular complexity index is 901. The van der Waals surface area contributed by atoms with Crippen LogP contribution < -0.4 is 0 Å². The number of aliphatic hydroxyl groups is 2. The van der Waals surface area contributed by atoms with Crippen LogP contribution in [0.3, 0.4) is 0 Å². The maximum absolute atomic E-state index is 13.5. The number of aliphatic hydroxyl groups excluding tert-OH is 2. The van der Waals surface area contributed by atoms with Gasteiger partial charge in [0.05, 0.1) is 16.6 Å². The Kier molecular flexibility index (Phi) is 5.84. The lowest BCUT2D eigenvalue weighted by atomic mass is 9.63. The number of ketones is 2. The molecule has 4 atom stereocenters. The molecule has 31 heavy (non-hydrogen) atoms. The maximum Gasteiger partial charge on any atom is 0.183 e. The summed E-state index contributed by atoms with van der Waals surface area (Å²) < 4.78 is 6.55. The number of Topliss-reactive ketones (excluding diaryl/α,β-unsaturated/α-hetero) is 2. The van der Waals surface area contributed by atoms with Crippen molar-refractivity contribution in [3.8, 4) is 0 Å². The van der Waals surface area contributed by atoms with Crippen molar-refractivity contribution in [1.82, 2.24) is 0 Å². The van der Waals surface area contributed by atoms with Crippen molar-refractivity contribution < 1.29 is 24.5 Å². The molecule has 2 N–H and O–H groups in total. The minimum absolute atomic E-state index is 0.117. The third-order valence-electron chi connectivity index (χ3n) is 7.86. The molecule has 0 aromatic heterocycles. The number of hydrogen-bond acceptors (Lipinski definition) is 5. The first-order valence-electron chi connectivity index (χ1n) is 11.5. The van der Waals surface area contributed by atoms with Crippen LogP contribution in [0.15, 0.2) is 34.3 Å². The second-order valence-electron chi connectivity index (χ2n) is 11.0. The van der Waals surface area contributed by atoms with Gasteiger partial charge in [0.15, 0.2) is 11.6 Å². The van der Waals surface area contributed by atoms with Crippen LogP contribution >= 0.6 is 0 Å². The third-order valence-corrected chi connectivity index (χ3v) is 7.86. The van der Waals surface area contributed by atoms with Gasteiger partial charge in [0.25, 0.3) is 0 Å². The standard InChI is InChI=1S/C26H38O5/c1-14(2)9-10-24(7)22(29)18(21(28)19(23(24)30)20(27)15(3)4)17-13-26(16(5)6)12-11-25(17,8)31-26/h9,15-17,28-29H,10-13H2,1-8H3/t17-,24?,25+,26+/m0/s1. The fraction of sp³-hybridized carbons (Fsp3) is 0.692. The molecule has 5 nitrogen and oxygen atoms in total. The van der Waals surface area contributed by atoms with Crippen LogP contribution in [0.25, 0.3) is 0 Å². The van der Waals surface area contributed by atoms with Crippen LogP contribution in [0.4, 0.5) is 0 Å². The summed E-state index contributed by atoms with van der Waals surface area (Å²) in [5.41, 5.74) is -0.969. The van der Waals surface area contributed by atoms with E-state index in [0.29, 0.717) is 12.0 Å². The lowest BCUT2D eigenvalue weighted by molar-refractivity contribution is -0.128. The van der Waals surface area contributed by atoms with E-state index in [9.17, 15) is 19.8 Å². The summed E-state index contributed by atoms with van der Waals surface area (Å²) >= 11 is 0. The molecule has 0 aromatic carbocycles. The first-order valence-corrected chi connectivity index (χ1v) is 11.5. The zero-order valence-electron chi connectivity index (χ0n) is 20.3. The minimum Gasteiger partial charge on any atom is -0.511 e. The van der Waals surface area contributed by atoms with Gasteiger partial charge in [-0.05, 0) is 59.3 Å². The summed E-state index contributed by atoms with van der Waals surface area (Å²) in [5.74, 6) is -1.79. The average Bonchev–Trinajstić information content (AvgIpc) is 3.17. The fourth-order valence-electron chi connectivity index (χ4n) is 5.51. The van der Waals surface area contributed by atoms with Crippen LogP contribution in [0.1, 0.15) is 81.1 Å². The average molecular weight is 431 g/mol. The highest BCUT2D eigenvalue weighted by atomic mass is 16.5. The molecule has 3 rings (SSSR count). The molecular weight excluding hydrogens is 392 g/mol. The van der Waals surface area contributed by atoms with Gasteiger partial charge in [-0.2, -0.15) is 0 Å². The molecule has 0 spiro atoms. The van der Waals surface area contributed by atoms with Gasteiger partial charge in [0.1, 0.15) is 17.1 Å². The summed E-state index contributed by atoms with van der Waals surface area (Å²) in [4.78, 5) is 26.5. The van der Waals surface area contributed by atoms with Crippen LogP contribution in [0, 0.1) is 23.2 Å². The van der Waals surface area contributed by atoms with E-state index in [4.69, 9.17) is 4.74 Å². The first kappa shape index (κ1) is 23.8. The van der Waals surface area contributed by atoms with E-state index in [1.165, 1.54) is 0 Å². The highest BCUT2D eigenvalue weighted by Gasteiger charge is 2.63. The molecule has 3 aliphatic rings. The Labute approximate surface area is 186 Å². The molecule has 0 aromatic rings. The van der Waals surface area contributed by atoms with Crippen molar-refractivity contribution in [3.05, 3.63) is 34.3 Å². The Hall–Kier alpha value is -1.88. The summed E-state index contributed by atoms with van der Waals surface area (Å²) in [6, 6.07) is 0. The van der Waals surface area contributed by atoms with Crippen LogP contribution in [0.2, 0.25) is 0 Å². The van der Waals surface area contributed by atoms with Gasteiger partial charge in [-0.1, -0.05) is 39.3 Å². The molecule has 0 saturated carbocycles. The zero-order valence-corrected chi connectivity index (χ0v) is 20.3. The molecule has 0 radical (unpaired) electrons. The van der Waals surface area contributed by atoms with Gasteiger partial charge in [-0.25, -0.2) is 0 Å². The summed E-state index contributed by atoms with van der Waals surface area (Å²) in [7, 11) is 0. The Morgan fingerprint density at radius 1 is 1.16 bits per heavy atom. The second kappa shape index (κ2) is 7.61. The number of carbonyl (C=O) groups is 2. The second-order valence-corrected chi connectivity index (χ2v) is 11.0. The molecule has 2 bridgehead atoms. The van der Waals surface area contributed by atoms with Crippen LogP contribution in [-0.2, 0) is 14.3 Å². The number of allylic oxidation sites excluding steroid dienone is 5. The SMILES string of the molecule is CC(C)=CCC1(C)C(=O)C(C(=O)C(C)C)=C(O)C([C@@H]2C[C@@]3(C(C)C)CC[C@@]2(C)O3)=C1O. The quantitative estimate of drug-likeness (QED) is 0.413. The molecular formula is C26H38O5. The number of rotatable bonds is 6. The van der Waals surface area contributed by atoms with Gasteiger partial charge >= 0.3 is 0 Å². The van der Waals surface area contributed by atoms with Crippen molar-refractivity contribution >= 4 is 11.6 Å². The van der Waals surface area contributed by atoms with Gasteiger partial charge < -0.3 is 14.9 Å². The number of carbonyl (C=O) groups excluding carboxylic acids is 2. The van der Waals surface area contributed by atoms with E-state index in [1.807, 2.05) is 26.8 Å². The van der Waals surface area contributed by atoms with Gasteiger partial charge in [0.2, 0.25) is 0 Å². The van der Waals surface area contributed by atoms with Gasteiger partial charge in [0, 0.05) is 17.4 Å². The highest BCUT2D eigenvalue weighted by molar-refractivity contribution is 6.24. The van der Waals surface area contributed by atoms with Gasteiger partial charge in [-0.3, -0.25) is 9.59 Å². The lowest BCUT2D eigenvalue weighted by Crippen LogP contribution is -2.43. The van der Waals surface area contributed by atoms with E-state index in [0.717, 1.165) is 18.4 Å². The maximum atomic E-state index is 13.5. The lowest BCUT2D eigenvalue weighted by Gasteiger charge is -2.39. The first-order chi connectivity index (χ1) is 14.2. The normalized spacial score (nSPS) is 35.5. The molecule has 2 saturated heterocycles. The van der Waals surface area contributed by atoms with Crippen LogP contribution in [-0.4, -0.2) is 33.0 Å². The predicted molar refractivity (Wildman–Crippen MR) is 121 cm³/mol. The van der Waals surface area contributed by atoms with E-state index in [2.05, 4.69) is 13.8 Å². The van der Waals surface area contributed by atoms with Crippen molar-refractivity contribution in [2.24, 2.45) is 23.2 Å². The summed E-state index contributed by atoms with van der Waals surface area (Å²) in [5, 5.41) is 22.7. The monoisotopic (exact) mass is 430 g/mol. The Morgan fingerprint density at radius 2 is 1.77 bits per heavy atom. The predicted octanol–water partition coefficient (Wildman–Crippen LogP) is 5.76. The number of hydrogen-bond donors (Lipinski definition) is 2. The van der Waals surface area contributed by atoms with Gasteiger partial charge in [-0.15, -0.1) is 0 Å². The molecule has 5 heteroatoms. The van der Waals surface area contributed by atoms with E-state index in [-0.39, 0.29) is 46.7 Å². The number of fused-ring (bicyclic) bond motifs is 2. The highest BCUT2D eigenvalue weighted by Crippen LogP contribution is 2.61. The van der Waals surface area contributed by atoms with Crippen molar-refractivity contribution in [1.29, 1.82) is 0 Å². The summed E-state index contributed by atoms with van der Waals surface area (Å²) in [6.07, 6.45) is 4.57. The zero-order chi connectivity index (χ0) is 23.5. The molecule has 2 heterocycles. The Balaban J connectivity index is 2.22. The molecule has 1 aliphatic carbocycles. The van der Waals surface area contributed by atoms with E-state index < -0.39 is 22.7 Å². The minimum atomic E-state index is -1.29. The van der Waals surface area contributed by atoms with Crippen molar-refractivity contribution in [2.75, 3.05) is 0 Å². The molecule has 2 fully saturated rings. The Morgan fingerprint density at radius 3 is 2.26 bits per heavy atom. The largest absolute Gasteiger partial charge is 0.511 e. The van der Waals surface area contributed by atoms with Crippen LogP contribution in [0.5, 0.6) is 0 Å². The summed E-state index contributed by atoms with van der Waals surface area (Å²) in [6.45, 7) is 15.3. The third kappa shape index (κ3) is 3.49. The topological polar surface area (TPSA) is 83.8 Å². The van der Waals surface area contributed by atoms with E-state index in [1.54, 1.807) is 20.8 Å². The molecule has 1 unspecified atom stereocenters.